The van der Waals surface area contributed by atoms with Crippen molar-refractivity contribution in [3.05, 3.63) is 95.1 Å². The summed E-state index contributed by atoms with van der Waals surface area (Å²) in [4.78, 5) is 2.39. The molecule has 1 aliphatic heterocycles. The highest BCUT2D eigenvalue weighted by Crippen LogP contribution is 2.40. The molecule has 0 fully saturated rings. The van der Waals surface area contributed by atoms with Crippen molar-refractivity contribution in [2.24, 2.45) is 0 Å². The second kappa shape index (κ2) is 14.8. The van der Waals surface area contributed by atoms with E-state index in [1.165, 1.54) is 33.6 Å². The lowest BCUT2D eigenvalue weighted by molar-refractivity contribution is -0.444. The van der Waals surface area contributed by atoms with E-state index in [0.717, 1.165) is 24.8 Å². The fraction of sp³-hybridized carbons (Fsp3) is 0.441. The summed E-state index contributed by atoms with van der Waals surface area (Å²) in [6, 6.07) is 25.5. The Balaban J connectivity index is 0.000000637. The van der Waals surface area contributed by atoms with Gasteiger partial charge in [0.25, 0.3) is 0 Å². The molecule has 0 unspecified atom stereocenters. The molecule has 0 amide bonds. The van der Waals surface area contributed by atoms with Crippen LogP contribution in [0.4, 0.5) is 11.4 Å². The van der Waals surface area contributed by atoms with Crippen LogP contribution in [0.1, 0.15) is 108 Å². The summed E-state index contributed by atoms with van der Waals surface area (Å²) in [6.07, 6.45) is 1.09. The fourth-order valence-corrected chi connectivity index (χ4v) is 5.50. The van der Waals surface area contributed by atoms with Crippen molar-refractivity contribution in [2.45, 2.75) is 85.5 Å². The molecule has 206 valence electrons. The van der Waals surface area contributed by atoms with Crippen molar-refractivity contribution in [1.82, 2.24) is 0 Å². The van der Waals surface area contributed by atoms with Gasteiger partial charge in [-0.3, -0.25) is 0 Å². The number of nitrogens with zero attached hydrogens (tertiary/aromatic N) is 2. The van der Waals surface area contributed by atoms with Crippen molar-refractivity contribution in [1.29, 1.82) is 0 Å². The zero-order valence-corrected chi connectivity index (χ0v) is 26.0. The fourth-order valence-electron chi connectivity index (χ4n) is 5.16. The van der Waals surface area contributed by atoms with Crippen molar-refractivity contribution in [3.63, 3.8) is 0 Å². The Morgan fingerprint density at radius 1 is 0.605 bits per heavy atom. The highest BCUT2D eigenvalue weighted by Gasteiger charge is 2.35. The maximum Gasteiger partial charge on any atom is 0.355 e. The molecule has 4 rings (SSSR count). The van der Waals surface area contributed by atoms with E-state index in [2.05, 4.69) is 101 Å². The Morgan fingerprint density at radius 3 is 1.34 bits per heavy atom. The number of amidine groups is 1. The number of benzene rings is 3. The quantitative estimate of drug-likeness (QED) is 0.235. The van der Waals surface area contributed by atoms with Crippen LogP contribution in [0.2, 0.25) is 0 Å². The van der Waals surface area contributed by atoms with Crippen molar-refractivity contribution < 1.29 is 17.0 Å². The average molecular weight is 554 g/mol. The summed E-state index contributed by atoms with van der Waals surface area (Å²) in [7, 11) is 0. The second-order valence-electron chi connectivity index (χ2n) is 11.3. The average Bonchev–Trinajstić information content (AvgIpc) is 2.89. The monoisotopic (exact) mass is 552 g/mol. The van der Waals surface area contributed by atoms with Crippen molar-refractivity contribution in [2.75, 3.05) is 18.0 Å². The van der Waals surface area contributed by atoms with Crippen LogP contribution in [-0.4, -0.2) is 23.0 Å². The lowest BCUT2D eigenvalue weighted by atomic mass is 9.91. The molecule has 38 heavy (non-hydrogen) atoms. The first-order valence-electron chi connectivity index (χ1n) is 14.0. The van der Waals surface area contributed by atoms with Gasteiger partial charge in [-0.05, 0) is 23.7 Å². The van der Waals surface area contributed by atoms with Gasteiger partial charge in [-0.15, -0.1) is 0 Å². The number of para-hydroxylation sites is 2. The topological polar surface area (TPSA) is 6.25 Å². The van der Waals surface area contributed by atoms with E-state index in [1.807, 2.05) is 36.4 Å². The van der Waals surface area contributed by atoms with E-state index < -0.39 is 0 Å². The molecule has 0 spiro atoms. The van der Waals surface area contributed by atoms with Gasteiger partial charge in [0.1, 0.15) is 11.4 Å². The van der Waals surface area contributed by atoms with Gasteiger partial charge in [0.15, 0.2) is 0 Å². The summed E-state index contributed by atoms with van der Waals surface area (Å²) in [5.41, 5.74) is 8.16. The Kier molecular flexibility index (Phi) is 12.4. The molecule has 0 saturated heterocycles. The minimum Gasteiger partial charge on any atom is -1.00 e. The molecule has 0 aromatic heterocycles. The molecule has 4 heteroatoms. The van der Waals surface area contributed by atoms with Crippen LogP contribution in [0.25, 0.3) is 0 Å². The number of hydrogen-bond acceptors (Lipinski definition) is 1. The molecular formula is C34H46Cl2N2. The molecule has 3 aromatic rings. The van der Waals surface area contributed by atoms with Crippen LogP contribution in [0.5, 0.6) is 0 Å². The molecular weight excluding hydrogens is 507 g/mol. The van der Waals surface area contributed by atoms with Gasteiger partial charge >= 0.3 is 5.29 Å². The van der Waals surface area contributed by atoms with Gasteiger partial charge in [0, 0.05) is 40.3 Å². The van der Waals surface area contributed by atoms with Crippen LogP contribution in [0.15, 0.2) is 72.8 Å². The van der Waals surface area contributed by atoms with E-state index in [0.29, 0.717) is 23.7 Å². The number of hydrogen-bond donors (Lipinski definition) is 0. The molecule has 1 heterocycles. The minimum atomic E-state index is 0. The summed E-state index contributed by atoms with van der Waals surface area (Å²) in [6.45, 7) is 20.2. The van der Waals surface area contributed by atoms with Gasteiger partial charge in [-0.2, -0.15) is 0 Å². The molecule has 0 bridgehead atoms. The summed E-state index contributed by atoms with van der Waals surface area (Å²) < 4.78 is 2.39. The SMILES string of the molecule is CC(C)c1cccc(C(C)C)c1N1CCC[N+](c2c(C(C)C)cccc2C(C)C)=C1Cl.[Cl-].c1ccccc1. The third-order valence-electron chi connectivity index (χ3n) is 7.10. The molecule has 3 aromatic carbocycles. The highest BCUT2D eigenvalue weighted by molar-refractivity contribution is 6.66. The Morgan fingerprint density at radius 2 is 0.974 bits per heavy atom. The highest BCUT2D eigenvalue weighted by atomic mass is 35.5. The Labute approximate surface area is 243 Å². The molecule has 0 atom stereocenters. The van der Waals surface area contributed by atoms with Crippen LogP contribution in [0.3, 0.4) is 0 Å². The summed E-state index contributed by atoms with van der Waals surface area (Å²) in [5.74, 6) is 1.79. The van der Waals surface area contributed by atoms with Crippen LogP contribution in [-0.2, 0) is 0 Å². The van der Waals surface area contributed by atoms with Gasteiger partial charge in [-0.1, -0.05) is 128 Å². The van der Waals surface area contributed by atoms with Gasteiger partial charge in [-0.25, -0.2) is 9.48 Å². The van der Waals surface area contributed by atoms with E-state index in [-0.39, 0.29) is 12.4 Å². The zero-order chi connectivity index (χ0) is 27.1. The van der Waals surface area contributed by atoms with Gasteiger partial charge in [0.05, 0.1) is 13.1 Å². The predicted octanol–water partition coefficient (Wildman–Crippen LogP) is 7.02. The van der Waals surface area contributed by atoms with Gasteiger partial charge < -0.3 is 12.4 Å². The Hall–Kier alpha value is -2.29. The molecule has 1 aliphatic rings. The lowest BCUT2D eigenvalue weighted by Crippen LogP contribution is -3.00. The predicted molar refractivity (Wildman–Crippen MR) is 163 cm³/mol. The molecule has 0 radical (unpaired) electrons. The molecule has 0 N–H and O–H groups in total. The van der Waals surface area contributed by atoms with Crippen LogP contribution in [0, 0.1) is 0 Å². The first-order valence-corrected chi connectivity index (χ1v) is 14.4. The first kappa shape index (κ1) is 31.9. The maximum absolute atomic E-state index is 7.29. The second-order valence-corrected chi connectivity index (χ2v) is 11.6. The van der Waals surface area contributed by atoms with Crippen molar-refractivity contribution in [3.8, 4) is 0 Å². The lowest BCUT2D eigenvalue weighted by Gasteiger charge is -2.30. The van der Waals surface area contributed by atoms with E-state index in [1.54, 1.807) is 0 Å². The third-order valence-corrected chi connectivity index (χ3v) is 7.51. The summed E-state index contributed by atoms with van der Waals surface area (Å²) in [5, 5.41) is 0.844. The smallest absolute Gasteiger partial charge is 0.355 e. The van der Waals surface area contributed by atoms with Crippen LogP contribution < -0.4 is 17.3 Å². The normalized spacial score (nSPS) is 13.7. The van der Waals surface area contributed by atoms with Crippen molar-refractivity contribution >= 4 is 28.3 Å². The molecule has 2 nitrogen and oxygen atoms in total. The van der Waals surface area contributed by atoms with E-state index in [9.17, 15) is 0 Å². The largest absolute Gasteiger partial charge is 1.00 e. The third kappa shape index (κ3) is 7.42. The van der Waals surface area contributed by atoms with E-state index >= 15 is 0 Å². The number of anilines is 1. The minimum absolute atomic E-state index is 0. The Bertz CT molecular complexity index is 1100. The number of rotatable bonds is 6. The number of halogens is 2. The van der Waals surface area contributed by atoms with E-state index in [4.69, 9.17) is 11.6 Å². The maximum atomic E-state index is 7.29. The summed E-state index contributed by atoms with van der Waals surface area (Å²) >= 11 is 7.29. The molecule has 0 aliphatic carbocycles. The van der Waals surface area contributed by atoms with Crippen LogP contribution >= 0.6 is 11.6 Å². The molecule has 0 saturated carbocycles. The van der Waals surface area contributed by atoms with Gasteiger partial charge in [0.2, 0.25) is 0 Å². The zero-order valence-electron chi connectivity index (χ0n) is 24.5. The first-order chi connectivity index (χ1) is 17.6. The standard InChI is InChI=1S/C28H40ClN2.C6H6.ClH/c1-18(2)22-12-9-13-23(19(3)4)26(22)30-16-11-17-31(28(30)29)27-24(20(5)6)14-10-15-25(27)21(7)8;1-2-4-6-5-3-1;/h9-10,12-15,18-21H,11,16-17H2,1-8H3;1-6H;1H/q+1;;/p-1.